The second kappa shape index (κ2) is 7.45. The third-order valence-electron chi connectivity index (χ3n) is 3.76. The van der Waals surface area contributed by atoms with Crippen LogP contribution in [-0.2, 0) is 13.0 Å². The van der Waals surface area contributed by atoms with Crippen LogP contribution in [0.3, 0.4) is 0 Å². The monoisotopic (exact) mass is 405 g/mol. The van der Waals surface area contributed by atoms with Gasteiger partial charge in [-0.25, -0.2) is 13.8 Å². The molecule has 4 nitrogen and oxygen atoms in total. The number of anilines is 1. The summed E-state index contributed by atoms with van der Waals surface area (Å²) < 4.78 is 32.7. The quantitative estimate of drug-likeness (QED) is 0.554. The molecule has 2 atom stereocenters. The lowest BCUT2D eigenvalue weighted by Gasteiger charge is -2.10. The number of hydrogen-bond donors (Lipinski definition) is 2. The maximum Gasteiger partial charge on any atom is 0.177 e. The smallest absolute Gasteiger partial charge is 0.177 e. The van der Waals surface area contributed by atoms with E-state index in [0.29, 0.717) is 27.4 Å². The number of nitrogens with two attached hydrogens (primary N) is 1. The molecule has 3 N–H and O–H groups in total. The van der Waals surface area contributed by atoms with E-state index in [9.17, 15) is 8.78 Å². The van der Waals surface area contributed by atoms with E-state index in [-0.39, 0.29) is 29.0 Å². The van der Waals surface area contributed by atoms with E-state index >= 15 is 0 Å². The number of pyridine rings is 1. The number of nitrogens with zero attached hydrogens (tertiary/aromatic N) is 1. The fourth-order valence-electron chi connectivity index (χ4n) is 2.32. The minimum atomic E-state index is -1.21. The molecule has 0 radical (unpaired) electrons. The van der Waals surface area contributed by atoms with Gasteiger partial charge in [0, 0.05) is 18.5 Å². The number of nitrogens with one attached hydrogen (secondary N) is 1. The Bertz CT molecular complexity index is 897. The average molecular weight is 406 g/mol. The van der Waals surface area contributed by atoms with Crippen LogP contribution in [0.2, 0.25) is 10.2 Å². The Morgan fingerprint density at radius 3 is 2.84 bits per heavy atom. The first-order valence-electron chi connectivity index (χ1n) is 7.49. The molecule has 0 aliphatic carbocycles. The molecular weight excluding hydrogens is 391 g/mol. The van der Waals surface area contributed by atoms with E-state index in [4.69, 9.17) is 33.4 Å². The second-order valence-electron chi connectivity index (χ2n) is 5.60. The molecular formula is C16H15Cl2F2N3OS. The summed E-state index contributed by atoms with van der Waals surface area (Å²) in [4.78, 5) is 4.71. The topological polar surface area (TPSA) is 64.1 Å². The van der Waals surface area contributed by atoms with Crippen LogP contribution >= 0.6 is 34.5 Å². The van der Waals surface area contributed by atoms with Crippen molar-refractivity contribution < 1.29 is 13.2 Å². The molecule has 3 rings (SSSR count). The molecule has 25 heavy (non-hydrogen) atoms. The molecule has 3 aromatic heterocycles. The van der Waals surface area contributed by atoms with Crippen molar-refractivity contribution in [2.75, 3.05) is 5.32 Å². The number of hydrogen-bond acceptors (Lipinski definition) is 5. The SMILES string of the molecule is C[C@H](F)[C@H](N)Cc1oc2c(NCc3sccc3F)cc(Cl)nc2c1Cl. The van der Waals surface area contributed by atoms with Crippen LogP contribution in [0.25, 0.3) is 11.1 Å². The molecule has 0 unspecified atom stereocenters. The molecule has 0 saturated carbocycles. The van der Waals surface area contributed by atoms with Gasteiger partial charge in [-0.1, -0.05) is 23.2 Å². The maximum absolute atomic E-state index is 13.6. The third kappa shape index (κ3) is 3.89. The lowest BCUT2D eigenvalue weighted by Crippen LogP contribution is -2.31. The van der Waals surface area contributed by atoms with Crippen LogP contribution in [0.4, 0.5) is 14.5 Å². The predicted octanol–water partition coefficient (Wildman–Crippen LogP) is 5.18. The second-order valence-corrected chi connectivity index (χ2v) is 7.37. The first kappa shape index (κ1) is 18.4. The molecule has 3 heterocycles. The Balaban J connectivity index is 1.94. The predicted molar refractivity (Wildman–Crippen MR) is 97.9 cm³/mol. The highest BCUT2D eigenvalue weighted by molar-refractivity contribution is 7.09. The molecule has 0 saturated heterocycles. The van der Waals surface area contributed by atoms with Crippen molar-refractivity contribution in [1.82, 2.24) is 4.98 Å². The average Bonchev–Trinajstić information content (AvgIpc) is 3.10. The number of thiophene rings is 1. The molecule has 0 spiro atoms. The Labute approximate surface area is 156 Å². The standard InChI is InChI=1S/C16H15Cl2F2N3OS/c1-7(19)9(21)4-11-14(18)15-16(24-11)10(5-13(17)23-15)22-6-12-8(20)2-3-25-12/h2-3,5,7,9H,4,6,21H2,1H3,(H,22,23)/t7-,9+/m0/s1. The van der Waals surface area contributed by atoms with Crippen molar-refractivity contribution in [3.8, 4) is 0 Å². The summed E-state index contributed by atoms with van der Waals surface area (Å²) in [6.07, 6.45) is -1.08. The number of alkyl halides is 1. The molecule has 0 aliphatic rings. The van der Waals surface area contributed by atoms with Gasteiger partial charge in [-0.05, 0) is 18.4 Å². The fraction of sp³-hybridized carbons (Fsp3) is 0.312. The van der Waals surface area contributed by atoms with Crippen molar-refractivity contribution in [2.45, 2.75) is 32.1 Å². The van der Waals surface area contributed by atoms with Crippen LogP contribution in [0, 0.1) is 5.82 Å². The molecule has 9 heteroatoms. The molecule has 0 fully saturated rings. The molecule has 3 aromatic rings. The summed E-state index contributed by atoms with van der Waals surface area (Å²) in [5, 5.41) is 5.20. The number of rotatable bonds is 6. The first-order valence-corrected chi connectivity index (χ1v) is 9.13. The van der Waals surface area contributed by atoms with Crippen molar-refractivity contribution in [3.63, 3.8) is 0 Å². The lowest BCUT2D eigenvalue weighted by atomic mass is 10.1. The Kier molecular flexibility index (Phi) is 5.48. The highest BCUT2D eigenvalue weighted by atomic mass is 35.5. The summed E-state index contributed by atoms with van der Waals surface area (Å²) in [5.74, 6) is 0.0590. The van der Waals surface area contributed by atoms with E-state index in [1.165, 1.54) is 24.3 Å². The van der Waals surface area contributed by atoms with E-state index < -0.39 is 12.2 Å². The van der Waals surface area contributed by atoms with Gasteiger partial charge in [0.1, 0.15) is 33.4 Å². The number of furan rings is 1. The van der Waals surface area contributed by atoms with E-state index in [1.807, 2.05) is 0 Å². The summed E-state index contributed by atoms with van der Waals surface area (Å²) in [7, 11) is 0. The van der Waals surface area contributed by atoms with E-state index in [2.05, 4.69) is 10.3 Å². The van der Waals surface area contributed by atoms with Crippen LogP contribution < -0.4 is 11.1 Å². The highest BCUT2D eigenvalue weighted by Gasteiger charge is 2.22. The Morgan fingerprint density at radius 1 is 1.44 bits per heavy atom. The van der Waals surface area contributed by atoms with E-state index in [0.717, 1.165) is 0 Å². The summed E-state index contributed by atoms with van der Waals surface area (Å²) in [6.45, 7) is 1.63. The van der Waals surface area contributed by atoms with Crippen LogP contribution in [-0.4, -0.2) is 17.2 Å². The minimum Gasteiger partial charge on any atom is -0.455 e. The molecule has 0 aliphatic heterocycles. The van der Waals surface area contributed by atoms with Crippen molar-refractivity contribution in [1.29, 1.82) is 0 Å². The summed E-state index contributed by atoms with van der Waals surface area (Å²) >= 11 is 13.6. The lowest BCUT2D eigenvalue weighted by molar-refractivity contribution is 0.296. The zero-order valence-corrected chi connectivity index (χ0v) is 15.5. The number of halogens is 4. The largest absolute Gasteiger partial charge is 0.455 e. The summed E-state index contributed by atoms with van der Waals surface area (Å²) in [5.41, 5.74) is 7.01. The minimum absolute atomic E-state index is 0.128. The number of fused-ring (bicyclic) bond motifs is 1. The Hall–Kier alpha value is -1.41. The molecule has 0 bridgehead atoms. The van der Waals surface area contributed by atoms with Gasteiger partial charge in [-0.3, -0.25) is 0 Å². The van der Waals surface area contributed by atoms with E-state index in [1.54, 1.807) is 11.4 Å². The Morgan fingerprint density at radius 2 is 2.20 bits per heavy atom. The van der Waals surface area contributed by atoms with Gasteiger partial charge in [0.25, 0.3) is 0 Å². The highest BCUT2D eigenvalue weighted by Crippen LogP contribution is 2.36. The normalized spacial score (nSPS) is 14.0. The maximum atomic E-state index is 13.6. The van der Waals surface area contributed by atoms with Crippen molar-refractivity contribution >= 4 is 51.3 Å². The van der Waals surface area contributed by atoms with Crippen LogP contribution in [0.1, 0.15) is 17.6 Å². The summed E-state index contributed by atoms with van der Waals surface area (Å²) in [6, 6.07) is 2.22. The first-order chi connectivity index (χ1) is 11.9. The van der Waals surface area contributed by atoms with Gasteiger partial charge in [-0.2, -0.15) is 0 Å². The third-order valence-corrected chi connectivity index (χ3v) is 5.24. The molecule has 0 amide bonds. The van der Waals surface area contributed by atoms with Gasteiger partial charge in [0.05, 0.1) is 17.1 Å². The van der Waals surface area contributed by atoms with Gasteiger partial charge in [0.2, 0.25) is 0 Å². The van der Waals surface area contributed by atoms with Gasteiger partial charge in [0.15, 0.2) is 5.58 Å². The van der Waals surface area contributed by atoms with Crippen molar-refractivity contribution in [3.05, 3.63) is 44.1 Å². The van der Waals surface area contributed by atoms with Crippen LogP contribution in [0.15, 0.2) is 21.9 Å². The molecule has 0 aromatic carbocycles. The zero-order valence-electron chi connectivity index (χ0n) is 13.2. The zero-order chi connectivity index (χ0) is 18.1. The van der Waals surface area contributed by atoms with Gasteiger partial charge in [-0.15, -0.1) is 11.3 Å². The van der Waals surface area contributed by atoms with Gasteiger partial charge >= 0.3 is 0 Å². The molecule has 134 valence electrons. The fourth-order valence-corrected chi connectivity index (χ4v) is 3.45. The van der Waals surface area contributed by atoms with Gasteiger partial charge < -0.3 is 15.5 Å². The van der Waals surface area contributed by atoms with Crippen molar-refractivity contribution in [2.24, 2.45) is 5.73 Å². The van der Waals surface area contributed by atoms with Crippen LogP contribution in [0.5, 0.6) is 0 Å². The number of aromatic nitrogens is 1.